The molecule has 0 bridgehead atoms. The highest BCUT2D eigenvalue weighted by Crippen LogP contribution is 2.32. The molecule has 0 unspecified atom stereocenters. The Balaban J connectivity index is 1.95. The van der Waals surface area contributed by atoms with E-state index >= 15 is 0 Å². The van der Waals surface area contributed by atoms with Crippen LogP contribution in [0.15, 0.2) is 89.9 Å². The van der Waals surface area contributed by atoms with Crippen molar-refractivity contribution in [3.63, 3.8) is 0 Å². The molecule has 24 heavy (non-hydrogen) atoms. The van der Waals surface area contributed by atoms with Gasteiger partial charge in [0.1, 0.15) is 17.9 Å². The van der Waals surface area contributed by atoms with Crippen LogP contribution in [0, 0.1) is 0 Å². The van der Waals surface area contributed by atoms with Crippen molar-refractivity contribution in [2.75, 3.05) is 0 Å². The second-order valence-corrected chi connectivity index (χ2v) is 5.55. The molecule has 3 rings (SSSR count). The minimum atomic E-state index is -0.768. The Kier molecular flexibility index (Phi) is 5.04. The molecule has 0 saturated heterocycles. The molecule has 0 saturated carbocycles. The highest BCUT2D eigenvalue weighted by atomic mass is 16.3. The van der Waals surface area contributed by atoms with Crippen molar-refractivity contribution in [3.8, 4) is 5.75 Å². The molecular weight excluding hydrogens is 298 g/mol. The van der Waals surface area contributed by atoms with Crippen LogP contribution in [0.3, 0.4) is 0 Å². The summed E-state index contributed by atoms with van der Waals surface area (Å²) in [6, 6.07) is 25.7. The third-order valence-electron chi connectivity index (χ3n) is 3.89. The molecule has 3 aromatic carbocycles. The molecule has 3 nitrogen and oxygen atoms in total. The van der Waals surface area contributed by atoms with Gasteiger partial charge in [-0.3, -0.25) is 4.99 Å². The second-order valence-electron chi connectivity index (χ2n) is 5.55. The summed E-state index contributed by atoms with van der Waals surface area (Å²) >= 11 is 0. The molecule has 0 aliphatic heterocycles. The van der Waals surface area contributed by atoms with E-state index in [1.165, 1.54) is 0 Å². The number of hydrogen-bond acceptors (Lipinski definition) is 3. The molecule has 2 N–H and O–H groups in total. The predicted octanol–water partition coefficient (Wildman–Crippen LogP) is 4.29. The number of aliphatic hydroxyl groups excluding tert-OH is 1. The van der Waals surface area contributed by atoms with Crippen molar-refractivity contribution < 1.29 is 10.2 Å². The summed E-state index contributed by atoms with van der Waals surface area (Å²) in [6.07, 6.45) is 0.842. The van der Waals surface area contributed by atoms with Crippen molar-refractivity contribution >= 4 is 6.21 Å². The molecule has 0 aromatic heterocycles. The number of rotatable bonds is 5. The number of phenols is 1. The molecule has 0 aliphatic carbocycles. The quantitative estimate of drug-likeness (QED) is 0.690. The summed E-state index contributed by atoms with van der Waals surface area (Å²) in [5.41, 5.74) is 2.35. The minimum absolute atomic E-state index is 0.169. The van der Waals surface area contributed by atoms with E-state index in [0.29, 0.717) is 5.56 Å². The Labute approximate surface area is 141 Å². The first-order valence-electron chi connectivity index (χ1n) is 7.85. The average Bonchev–Trinajstić information content (AvgIpc) is 2.65. The van der Waals surface area contributed by atoms with Crippen molar-refractivity contribution in [1.29, 1.82) is 0 Å². The maximum atomic E-state index is 10.8. The van der Waals surface area contributed by atoms with E-state index in [0.717, 1.165) is 11.1 Å². The van der Waals surface area contributed by atoms with Crippen LogP contribution < -0.4 is 0 Å². The van der Waals surface area contributed by atoms with Crippen molar-refractivity contribution in [3.05, 3.63) is 102 Å². The molecule has 0 radical (unpaired) electrons. The standard InChI is InChI=1S/C21H19NO2/c23-19-14-8-7-13-18(19)15-22-20(16-9-3-1-4-10-16)21(24)17-11-5-2-6-12-17/h1-15,20-21,23-24H/t20-,21-/m0/s1. The fourth-order valence-electron chi connectivity index (χ4n) is 2.59. The van der Waals surface area contributed by atoms with E-state index in [1.807, 2.05) is 66.7 Å². The summed E-state index contributed by atoms with van der Waals surface area (Å²) in [5.74, 6) is 0.169. The zero-order chi connectivity index (χ0) is 16.8. The SMILES string of the molecule is Oc1ccccc1C=N[C@@H](c1ccccc1)[C@@H](O)c1ccccc1. The van der Waals surface area contributed by atoms with Crippen LogP contribution in [0.4, 0.5) is 0 Å². The zero-order valence-electron chi connectivity index (χ0n) is 13.2. The Morgan fingerprint density at radius 1 is 0.708 bits per heavy atom. The number of aliphatic hydroxyl groups is 1. The van der Waals surface area contributed by atoms with Crippen LogP contribution >= 0.6 is 0 Å². The summed E-state index contributed by atoms with van der Waals surface area (Å²) in [4.78, 5) is 4.57. The maximum absolute atomic E-state index is 10.8. The number of aliphatic imine (C=N–C) groups is 1. The van der Waals surface area contributed by atoms with Gasteiger partial charge in [0, 0.05) is 11.8 Å². The van der Waals surface area contributed by atoms with Gasteiger partial charge in [-0.15, -0.1) is 0 Å². The first kappa shape index (κ1) is 16.0. The van der Waals surface area contributed by atoms with E-state index in [-0.39, 0.29) is 5.75 Å². The van der Waals surface area contributed by atoms with Crippen molar-refractivity contribution in [1.82, 2.24) is 0 Å². The first-order chi connectivity index (χ1) is 11.8. The maximum Gasteiger partial charge on any atom is 0.124 e. The van der Waals surface area contributed by atoms with Crippen LogP contribution in [0.5, 0.6) is 5.75 Å². The van der Waals surface area contributed by atoms with Crippen LogP contribution in [0.1, 0.15) is 28.8 Å². The van der Waals surface area contributed by atoms with E-state index in [1.54, 1.807) is 24.4 Å². The van der Waals surface area contributed by atoms with Gasteiger partial charge in [0.05, 0.1) is 0 Å². The molecule has 0 aliphatic rings. The van der Waals surface area contributed by atoms with Crippen molar-refractivity contribution in [2.45, 2.75) is 12.1 Å². The number of para-hydroxylation sites is 1. The lowest BCUT2D eigenvalue weighted by molar-refractivity contribution is 0.148. The molecule has 0 amide bonds. The summed E-state index contributed by atoms with van der Waals surface area (Å²) in [7, 11) is 0. The number of nitrogens with zero attached hydrogens (tertiary/aromatic N) is 1. The van der Waals surface area contributed by atoms with E-state index in [2.05, 4.69) is 4.99 Å². The lowest BCUT2D eigenvalue weighted by atomic mass is 9.96. The molecule has 2 atom stereocenters. The van der Waals surface area contributed by atoms with Crippen molar-refractivity contribution in [2.24, 2.45) is 4.99 Å². The Morgan fingerprint density at radius 2 is 1.25 bits per heavy atom. The Morgan fingerprint density at radius 3 is 1.88 bits per heavy atom. The summed E-state index contributed by atoms with van der Waals surface area (Å²) < 4.78 is 0. The number of hydrogen-bond donors (Lipinski definition) is 2. The van der Waals surface area contributed by atoms with Crippen LogP contribution in [0.25, 0.3) is 0 Å². The van der Waals surface area contributed by atoms with Crippen LogP contribution in [-0.2, 0) is 0 Å². The highest BCUT2D eigenvalue weighted by Gasteiger charge is 2.21. The van der Waals surface area contributed by atoms with Gasteiger partial charge in [-0.2, -0.15) is 0 Å². The predicted molar refractivity (Wildman–Crippen MR) is 96.3 cm³/mol. The van der Waals surface area contributed by atoms with E-state index in [4.69, 9.17) is 0 Å². The number of aromatic hydroxyl groups is 1. The first-order valence-corrected chi connectivity index (χ1v) is 7.85. The molecule has 3 heteroatoms. The largest absolute Gasteiger partial charge is 0.507 e. The van der Waals surface area contributed by atoms with E-state index in [9.17, 15) is 10.2 Å². The third-order valence-corrected chi connectivity index (χ3v) is 3.89. The lowest BCUT2D eigenvalue weighted by Gasteiger charge is -2.20. The van der Waals surface area contributed by atoms with Gasteiger partial charge in [0.25, 0.3) is 0 Å². The molecule has 120 valence electrons. The summed E-state index contributed by atoms with van der Waals surface area (Å²) in [5, 5.41) is 20.7. The van der Waals surface area contributed by atoms with Gasteiger partial charge in [-0.05, 0) is 23.3 Å². The second kappa shape index (κ2) is 7.57. The van der Waals surface area contributed by atoms with Crippen LogP contribution in [-0.4, -0.2) is 16.4 Å². The molecular formula is C21H19NO2. The topological polar surface area (TPSA) is 52.8 Å². The number of phenolic OH excluding ortho intramolecular Hbond substituents is 1. The number of benzene rings is 3. The molecule has 0 fully saturated rings. The Hall–Kier alpha value is -2.91. The minimum Gasteiger partial charge on any atom is -0.507 e. The fraction of sp³-hybridized carbons (Fsp3) is 0.0952. The van der Waals surface area contributed by atoms with E-state index < -0.39 is 12.1 Å². The highest BCUT2D eigenvalue weighted by molar-refractivity contribution is 5.83. The van der Waals surface area contributed by atoms with Gasteiger partial charge < -0.3 is 10.2 Å². The zero-order valence-corrected chi connectivity index (χ0v) is 13.2. The fourth-order valence-corrected chi connectivity index (χ4v) is 2.59. The molecule has 0 heterocycles. The van der Waals surface area contributed by atoms with Gasteiger partial charge in [-0.1, -0.05) is 72.8 Å². The smallest absolute Gasteiger partial charge is 0.124 e. The molecule has 3 aromatic rings. The van der Waals surface area contributed by atoms with Gasteiger partial charge in [-0.25, -0.2) is 0 Å². The summed E-state index contributed by atoms with van der Waals surface area (Å²) in [6.45, 7) is 0. The average molecular weight is 317 g/mol. The Bertz CT molecular complexity index is 800. The van der Waals surface area contributed by atoms with Gasteiger partial charge in [0.15, 0.2) is 0 Å². The molecule has 0 spiro atoms. The van der Waals surface area contributed by atoms with Gasteiger partial charge >= 0.3 is 0 Å². The lowest BCUT2D eigenvalue weighted by Crippen LogP contribution is -2.09. The van der Waals surface area contributed by atoms with Gasteiger partial charge in [0.2, 0.25) is 0 Å². The van der Waals surface area contributed by atoms with Crippen LogP contribution in [0.2, 0.25) is 0 Å². The monoisotopic (exact) mass is 317 g/mol. The third kappa shape index (κ3) is 3.70. The normalized spacial score (nSPS) is 13.7.